The zero-order valence-electron chi connectivity index (χ0n) is 33.7. The predicted octanol–water partition coefficient (Wildman–Crippen LogP) is 4.74. The van der Waals surface area contributed by atoms with Crippen molar-refractivity contribution < 1.29 is 42.3 Å². The minimum absolute atomic E-state index is 0.0447. The molecule has 0 spiro atoms. The molecule has 1 aliphatic heterocycles. The first-order chi connectivity index (χ1) is 26.0. The summed E-state index contributed by atoms with van der Waals surface area (Å²) >= 11 is 6.85. The number of ether oxygens (including phenoxy) is 3. The number of carbonyl (C=O) groups excluding carboxylic acids is 1. The number of nitrogens with zero attached hydrogens (tertiary/aromatic N) is 4. The number of amides is 1. The zero-order valence-corrected chi connectivity index (χ0v) is 37.3. The van der Waals surface area contributed by atoms with Gasteiger partial charge in [-0.15, -0.1) is 0 Å². The van der Waals surface area contributed by atoms with Crippen molar-refractivity contribution in [2.45, 2.75) is 86.4 Å². The van der Waals surface area contributed by atoms with Gasteiger partial charge in [0, 0.05) is 42.1 Å². The van der Waals surface area contributed by atoms with Crippen LogP contribution in [0.25, 0.3) is 22.6 Å². The van der Waals surface area contributed by atoms with E-state index in [9.17, 15) is 14.7 Å². The van der Waals surface area contributed by atoms with Crippen molar-refractivity contribution >= 4 is 49.0 Å². The van der Waals surface area contributed by atoms with Crippen LogP contribution in [0, 0.1) is 32.1 Å². The molecule has 55 heavy (non-hydrogen) atoms. The quantitative estimate of drug-likeness (QED) is 0.0910. The number of aryl methyl sites for hydroxylation is 2. The second-order valence-electron chi connectivity index (χ2n) is 15.1. The predicted molar refractivity (Wildman–Crippen MR) is 216 cm³/mol. The Hall–Kier alpha value is -3.59. The van der Waals surface area contributed by atoms with Gasteiger partial charge in [-0.05, 0) is 59.7 Å². The number of morpholine rings is 1. The lowest BCUT2D eigenvalue weighted by Crippen LogP contribution is -2.51. The van der Waals surface area contributed by atoms with Crippen molar-refractivity contribution in [2.24, 2.45) is 11.3 Å². The minimum atomic E-state index is -1.00. The van der Waals surface area contributed by atoms with Crippen LogP contribution >= 0.6 is 11.6 Å². The summed E-state index contributed by atoms with van der Waals surface area (Å²) in [5.41, 5.74) is 2.18. The molecule has 1 saturated heterocycles. The van der Waals surface area contributed by atoms with Crippen LogP contribution in [-0.4, -0.2) is 121 Å². The molecule has 1 amide bonds. The first-order valence-electron chi connectivity index (χ1n) is 18.7. The first kappa shape index (κ1) is 44.1. The number of carbonyl (C=O) groups is 2. The van der Waals surface area contributed by atoms with Crippen molar-refractivity contribution in [1.29, 1.82) is 0 Å². The molecule has 4 rings (SSSR count). The normalized spacial score (nSPS) is 16.6. The number of hydrogen-bond donors (Lipinski definition) is 3. The average Bonchev–Trinajstić information content (AvgIpc) is 3.45. The van der Waals surface area contributed by atoms with Crippen LogP contribution in [0.5, 0.6) is 5.75 Å². The minimum Gasteiger partial charge on any atom is -0.493 e. The molecule has 18 heteroatoms. The lowest BCUT2D eigenvalue weighted by Gasteiger charge is -2.40. The second-order valence-corrected chi connectivity index (χ2v) is 17.3. The summed E-state index contributed by atoms with van der Waals surface area (Å²) in [6.45, 7) is 21.3. The van der Waals surface area contributed by atoms with Crippen molar-refractivity contribution in [3.05, 3.63) is 40.2 Å². The number of esters is 1. The summed E-state index contributed by atoms with van der Waals surface area (Å²) in [5.74, 6) is 1.47. The van der Waals surface area contributed by atoms with Crippen molar-refractivity contribution in [2.75, 3.05) is 51.3 Å². The Morgan fingerprint density at radius 2 is 1.82 bits per heavy atom. The Balaban J connectivity index is 1.67. The third-order valence-corrected chi connectivity index (χ3v) is 11.0. The molecule has 1 aliphatic rings. The monoisotopic (exact) mass is 820 g/mol. The van der Waals surface area contributed by atoms with E-state index < -0.39 is 49.0 Å². The molecule has 3 heterocycles. The maximum Gasteiger partial charge on any atom is 0.407 e. The fourth-order valence-electron chi connectivity index (χ4n) is 6.36. The Kier molecular flexibility index (Phi) is 15.7. The third kappa shape index (κ3) is 11.7. The van der Waals surface area contributed by atoms with Gasteiger partial charge in [-0.25, -0.2) is 14.8 Å². The summed E-state index contributed by atoms with van der Waals surface area (Å²) in [5, 5.41) is 21.0. The van der Waals surface area contributed by atoms with E-state index in [2.05, 4.69) is 42.7 Å². The Labute approximate surface area is 333 Å². The Morgan fingerprint density at radius 1 is 1.11 bits per heavy atom. The molecule has 0 radical (unpaired) electrons. The van der Waals surface area contributed by atoms with Crippen LogP contribution in [0.15, 0.2) is 22.7 Å². The van der Waals surface area contributed by atoms with Crippen molar-refractivity contribution in [3.8, 4) is 28.4 Å². The molecule has 0 saturated carbocycles. The number of carboxylic acid groups (broad SMARTS) is 1. The fourth-order valence-corrected chi connectivity index (χ4v) is 8.41. The number of benzene rings is 1. The van der Waals surface area contributed by atoms with Crippen LogP contribution in [0.1, 0.15) is 51.6 Å². The van der Waals surface area contributed by atoms with Gasteiger partial charge in [0.25, 0.3) is 0 Å². The third-order valence-electron chi connectivity index (χ3n) is 9.40. The van der Waals surface area contributed by atoms with Crippen LogP contribution in [0.3, 0.4) is 0 Å². The molecule has 15 nitrogen and oxygen atoms in total. The van der Waals surface area contributed by atoms with Gasteiger partial charge in [-0.1, -0.05) is 43.7 Å². The van der Waals surface area contributed by atoms with Crippen molar-refractivity contribution in [1.82, 2.24) is 25.3 Å². The highest BCUT2D eigenvalue weighted by Crippen LogP contribution is 2.38. The van der Waals surface area contributed by atoms with E-state index in [1.165, 1.54) is 4.90 Å². The van der Waals surface area contributed by atoms with Gasteiger partial charge in [-0.2, -0.15) is 0 Å². The Morgan fingerprint density at radius 3 is 2.44 bits per heavy atom. The number of halogens is 1. The van der Waals surface area contributed by atoms with Crippen LogP contribution in [0.4, 0.5) is 10.6 Å². The molecule has 3 aromatic rings. The molecular weight excluding hydrogens is 764 g/mol. The number of rotatable bonds is 18. The molecule has 2 aromatic heterocycles. The second kappa shape index (κ2) is 19.5. The summed E-state index contributed by atoms with van der Waals surface area (Å²) in [6.07, 6.45) is -1.41. The van der Waals surface area contributed by atoms with Gasteiger partial charge in [0.15, 0.2) is 25.4 Å². The first-order valence-corrected chi connectivity index (χ1v) is 23.0. The smallest absolute Gasteiger partial charge is 0.407 e. The highest BCUT2D eigenvalue weighted by atomic mass is 35.5. The van der Waals surface area contributed by atoms with E-state index in [0.29, 0.717) is 58.3 Å². The molecular formula is C37H57ClN6O9Si2. The van der Waals surface area contributed by atoms with E-state index in [1.54, 1.807) is 18.2 Å². The molecule has 0 bridgehead atoms. The lowest BCUT2D eigenvalue weighted by atomic mass is 9.78. The highest BCUT2D eigenvalue weighted by molar-refractivity contribution is 6.33. The molecule has 1 unspecified atom stereocenters. The van der Waals surface area contributed by atoms with E-state index >= 15 is 0 Å². The molecule has 3 N–H and O–H groups in total. The van der Waals surface area contributed by atoms with Gasteiger partial charge in [0.05, 0.1) is 54.4 Å². The van der Waals surface area contributed by atoms with Crippen LogP contribution < -0.4 is 15.4 Å². The molecule has 0 aliphatic carbocycles. The average molecular weight is 822 g/mol. The maximum atomic E-state index is 12.5. The standard InChI is InChI=1S/C37H57ClN6O9Si2/c1-21-31(30-22(2)43-51-23(30)3)41-33(42-32(21)40-17-25-20-48-14-13-44(25)35(46)47)27-15-26(11-12-28(27)38)49-19-24(16-39-18-29(45)50-36(4,5)6)37(7,8)34(52-54-9)53-55-10/h11-12,15,24-25,34,39H,13-14,16-20,54-55H2,1-10H3,(H,46,47)(H,40,41,42)/t24-,25?/m1/s1. The summed E-state index contributed by atoms with van der Waals surface area (Å²) in [4.78, 5) is 35.7. The SMILES string of the molecule is C[SiH2]OC(O[SiH2]C)C(C)(C)[C@H](CNCC(=O)OC(C)(C)C)COc1ccc(Cl)c(-c2nc(NCC3COCCN3C(=O)O)c(C)c(-c3c(C)noc3C)n2)c1. The van der Waals surface area contributed by atoms with Crippen LogP contribution in [0.2, 0.25) is 18.1 Å². The molecule has 1 fully saturated rings. The van der Waals surface area contributed by atoms with Crippen LogP contribution in [-0.2, 0) is 23.1 Å². The van der Waals surface area contributed by atoms with Gasteiger partial charge in [0.2, 0.25) is 0 Å². The number of hydrogen-bond acceptors (Lipinski definition) is 13. The maximum absolute atomic E-state index is 12.5. The Bertz CT molecular complexity index is 1750. The number of aromatic nitrogens is 3. The van der Waals surface area contributed by atoms with E-state index in [1.807, 2.05) is 41.5 Å². The van der Waals surface area contributed by atoms with Crippen molar-refractivity contribution in [3.63, 3.8) is 0 Å². The molecule has 2 atom stereocenters. The topological polar surface area (TPSA) is 180 Å². The number of anilines is 1. The van der Waals surface area contributed by atoms with E-state index in [-0.39, 0.29) is 44.7 Å². The molecule has 304 valence electrons. The van der Waals surface area contributed by atoms with E-state index in [0.717, 1.165) is 11.1 Å². The summed E-state index contributed by atoms with van der Waals surface area (Å²) in [7, 11) is -1.57. The lowest BCUT2D eigenvalue weighted by molar-refractivity contribution is -0.153. The van der Waals surface area contributed by atoms with E-state index in [4.69, 9.17) is 49.2 Å². The zero-order chi connectivity index (χ0) is 40.5. The highest BCUT2D eigenvalue weighted by Gasteiger charge is 2.39. The van der Waals surface area contributed by atoms with Gasteiger partial charge >= 0.3 is 12.1 Å². The fraction of sp³-hybridized carbons (Fsp3) is 0.595. The number of nitrogens with one attached hydrogen (secondary N) is 2. The molecule has 1 aromatic carbocycles. The summed E-state index contributed by atoms with van der Waals surface area (Å²) < 4.78 is 35.5. The van der Waals surface area contributed by atoms with Gasteiger partial charge in [-0.3, -0.25) is 9.69 Å². The summed E-state index contributed by atoms with van der Waals surface area (Å²) in [6, 6.07) is 4.91. The van der Waals surface area contributed by atoms with Gasteiger partial charge in [0.1, 0.15) is 29.2 Å². The largest absolute Gasteiger partial charge is 0.493 e. The van der Waals surface area contributed by atoms with Gasteiger partial charge < -0.3 is 43.3 Å².